The fraction of sp³-hybridized carbons (Fsp3) is 0.231. The number of fused-ring (bicyclic) bond motifs is 4. The van der Waals surface area contributed by atoms with Crippen LogP contribution >= 0.6 is 28.1 Å². The quantitative estimate of drug-likeness (QED) is 0.422. The van der Waals surface area contributed by atoms with Gasteiger partial charge in [-0.25, -0.2) is 0 Å². The van der Waals surface area contributed by atoms with Gasteiger partial charge in [0.1, 0.15) is 11.7 Å². The van der Waals surface area contributed by atoms with Crippen molar-refractivity contribution < 1.29 is 9.53 Å². The molecule has 3 aromatic rings. The van der Waals surface area contributed by atoms with E-state index in [1.807, 2.05) is 86.3 Å². The van der Waals surface area contributed by atoms with E-state index in [9.17, 15) is 4.79 Å². The maximum Gasteiger partial charge on any atom is 0.236 e. The summed E-state index contributed by atoms with van der Waals surface area (Å²) in [7, 11) is 0. The lowest BCUT2D eigenvalue weighted by molar-refractivity contribution is -0.130. The van der Waals surface area contributed by atoms with E-state index in [-0.39, 0.29) is 11.9 Å². The smallest absolute Gasteiger partial charge is 0.236 e. The molecule has 5 nitrogen and oxygen atoms in total. The van der Waals surface area contributed by atoms with E-state index in [2.05, 4.69) is 32.6 Å². The van der Waals surface area contributed by atoms with Crippen LogP contribution in [-0.2, 0) is 4.79 Å². The van der Waals surface area contributed by atoms with E-state index >= 15 is 0 Å². The Morgan fingerprint density at radius 2 is 1.88 bits per heavy atom. The summed E-state index contributed by atoms with van der Waals surface area (Å²) in [6, 6.07) is 21.3. The number of carbonyl (C=O) groups excluding carboxylic acids is 1. The van der Waals surface area contributed by atoms with E-state index in [1.165, 1.54) is 0 Å². The molecule has 0 saturated carbocycles. The minimum atomic E-state index is -1.03. The average molecular weight is 522 g/mol. The molecule has 1 saturated heterocycles. The lowest BCUT2D eigenvalue weighted by atomic mass is 9.78. The molecule has 3 aromatic carbocycles. The molecule has 2 N–H and O–H groups in total. The summed E-state index contributed by atoms with van der Waals surface area (Å²) in [4.78, 5) is 15.8. The zero-order valence-corrected chi connectivity index (χ0v) is 21.0. The number of benzene rings is 3. The van der Waals surface area contributed by atoms with Gasteiger partial charge in [-0.15, -0.1) is 0 Å². The molecule has 3 unspecified atom stereocenters. The summed E-state index contributed by atoms with van der Waals surface area (Å²) in [6.07, 6.45) is 0. The Balaban J connectivity index is 1.63. The molecule has 7 heteroatoms. The van der Waals surface area contributed by atoms with Crippen molar-refractivity contribution in [3.05, 3.63) is 87.9 Å². The van der Waals surface area contributed by atoms with Crippen LogP contribution in [0.1, 0.15) is 29.7 Å². The fourth-order valence-electron chi connectivity index (χ4n) is 4.88. The second-order valence-corrected chi connectivity index (χ2v) is 10.0. The molecule has 0 spiro atoms. The summed E-state index contributed by atoms with van der Waals surface area (Å²) in [5.74, 6) is 0.0279. The van der Waals surface area contributed by atoms with Crippen LogP contribution in [-0.4, -0.2) is 16.7 Å². The summed E-state index contributed by atoms with van der Waals surface area (Å²) in [5.41, 5.74) is 3.69. The van der Waals surface area contributed by atoms with Crippen molar-refractivity contribution in [2.75, 3.05) is 10.2 Å². The maximum absolute atomic E-state index is 13.9. The second kappa shape index (κ2) is 8.15. The van der Waals surface area contributed by atoms with Gasteiger partial charge < -0.3 is 15.4 Å². The molecular weight excluding hydrogens is 498 g/mol. The molecule has 168 valence electrons. The maximum atomic E-state index is 13.9. The number of hydrogen-bond donors (Lipinski definition) is 2. The molecular formula is C26H24BrN3O2S. The van der Waals surface area contributed by atoms with Crippen molar-refractivity contribution in [3.8, 4) is 5.75 Å². The Labute approximate surface area is 207 Å². The Kier molecular flexibility index (Phi) is 5.41. The average Bonchev–Trinajstić information content (AvgIpc) is 2.76. The highest BCUT2D eigenvalue weighted by Crippen LogP contribution is 2.50. The van der Waals surface area contributed by atoms with Crippen molar-refractivity contribution in [3.63, 3.8) is 0 Å². The molecule has 2 bridgehead atoms. The Bertz CT molecular complexity index is 1270. The molecule has 0 aromatic heterocycles. The highest BCUT2D eigenvalue weighted by Gasteiger charge is 2.59. The van der Waals surface area contributed by atoms with Crippen LogP contribution in [0, 0.1) is 19.8 Å². The number of nitrogens with one attached hydrogen (secondary N) is 2. The van der Waals surface area contributed by atoms with Crippen LogP contribution in [0.15, 0.2) is 71.2 Å². The fourth-order valence-corrected chi connectivity index (χ4v) is 5.68. The molecule has 0 radical (unpaired) electrons. The molecule has 2 aliphatic rings. The van der Waals surface area contributed by atoms with Crippen molar-refractivity contribution in [2.45, 2.75) is 32.5 Å². The first kappa shape index (κ1) is 21.9. The first-order valence-corrected chi connectivity index (χ1v) is 12.0. The third-order valence-electron chi connectivity index (χ3n) is 6.40. The third-order valence-corrected chi connectivity index (χ3v) is 7.19. The van der Waals surface area contributed by atoms with Gasteiger partial charge in [0, 0.05) is 21.4 Å². The van der Waals surface area contributed by atoms with Crippen molar-refractivity contribution in [2.24, 2.45) is 5.92 Å². The van der Waals surface area contributed by atoms with Gasteiger partial charge in [0.15, 0.2) is 10.8 Å². The highest BCUT2D eigenvalue weighted by atomic mass is 79.9. The van der Waals surface area contributed by atoms with Gasteiger partial charge in [-0.1, -0.05) is 51.8 Å². The molecule has 33 heavy (non-hydrogen) atoms. The number of thiocarbonyl (C=S) groups is 1. The van der Waals surface area contributed by atoms with Crippen LogP contribution in [0.3, 0.4) is 0 Å². The summed E-state index contributed by atoms with van der Waals surface area (Å²) >= 11 is 9.35. The van der Waals surface area contributed by atoms with E-state index in [0.717, 1.165) is 38.3 Å². The number of amides is 1. The first-order valence-electron chi connectivity index (χ1n) is 10.8. The van der Waals surface area contributed by atoms with Gasteiger partial charge >= 0.3 is 0 Å². The number of para-hydroxylation sites is 1. The third kappa shape index (κ3) is 3.69. The highest BCUT2D eigenvalue weighted by molar-refractivity contribution is 9.10. The molecule has 1 fully saturated rings. The molecule has 2 heterocycles. The second-order valence-electron chi connectivity index (χ2n) is 8.72. The van der Waals surface area contributed by atoms with Gasteiger partial charge in [-0.2, -0.15) is 0 Å². The summed E-state index contributed by atoms with van der Waals surface area (Å²) in [5, 5.41) is 7.12. The minimum absolute atomic E-state index is 0.129. The predicted molar refractivity (Wildman–Crippen MR) is 139 cm³/mol. The molecule has 3 atom stereocenters. The first-order chi connectivity index (χ1) is 15.8. The van der Waals surface area contributed by atoms with E-state index in [0.29, 0.717) is 5.11 Å². The lowest BCUT2D eigenvalue weighted by Crippen LogP contribution is -2.72. The molecule has 1 amide bonds. The molecule has 2 aliphatic heterocycles. The van der Waals surface area contributed by atoms with Gasteiger partial charge in [-0.05, 0) is 75.0 Å². The number of ether oxygens (including phenoxy) is 1. The van der Waals surface area contributed by atoms with Crippen molar-refractivity contribution in [1.29, 1.82) is 0 Å². The van der Waals surface area contributed by atoms with E-state index in [4.69, 9.17) is 17.0 Å². The Hall–Kier alpha value is -2.90. The van der Waals surface area contributed by atoms with Crippen molar-refractivity contribution >= 4 is 50.5 Å². The topological polar surface area (TPSA) is 53.6 Å². The number of rotatable bonds is 3. The van der Waals surface area contributed by atoms with Crippen LogP contribution in [0.5, 0.6) is 5.75 Å². The van der Waals surface area contributed by atoms with Crippen LogP contribution in [0.2, 0.25) is 0 Å². The van der Waals surface area contributed by atoms with Crippen LogP contribution < -0.4 is 20.3 Å². The predicted octanol–water partition coefficient (Wildman–Crippen LogP) is 5.87. The zero-order valence-electron chi connectivity index (χ0n) is 18.6. The zero-order chi connectivity index (χ0) is 23.3. The van der Waals surface area contributed by atoms with Gasteiger partial charge in [0.05, 0.1) is 6.04 Å². The Morgan fingerprint density at radius 3 is 2.61 bits per heavy atom. The van der Waals surface area contributed by atoms with Gasteiger partial charge in [0.25, 0.3) is 0 Å². The number of halogens is 1. The van der Waals surface area contributed by atoms with E-state index < -0.39 is 11.6 Å². The monoisotopic (exact) mass is 521 g/mol. The van der Waals surface area contributed by atoms with Gasteiger partial charge in [0.2, 0.25) is 5.91 Å². The normalized spacial score (nSPS) is 23.3. The van der Waals surface area contributed by atoms with Gasteiger partial charge in [-0.3, -0.25) is 9.69 Å². The number of anilines is 2. The Morgan fingerprint density at radius 1 is 1.12 bits per heavy atom. The number of hydrogen-bond acceptors (Lipinski definition) is 3. The van der Waals surface area contributed by atoms with Crippen LogP contribution in [0.4, 0.5) is 11.4 Å². The SMILES string of the molecule is Cc1ccc(NC(=O)C2C3NC(=S)N(c4ccccc4)C2(C)Oc2ccc(Br)cc23)c(C)c1. The molecule has 5 rings (SSSR count). The largest absolute Gasteiger partial charge is 0.467 e. The number of nitrogens with zero attached hydrogens (tertiary/aromatic N) is 1. The number of aryl methyl sites for hydroxylation is 2. The molecule has 0 aliphatic carbocycles. The van der Waals surface area contributed by atoms with Crippen molar-refractivity contribution in [1.82, 2.24) is 5.32 Å². The standard InChI is InChI=1S/C26H24BrN3O2S/c1-15-9-11-20(16(2)13-15)28-24(31)22-23-19-14-17(27)10-12-21(19)32-26(22,3)30(25(33)29-23)18-7-5-4-6-8-18/h4-14,22-23H,1-3H3,(H,28,31)(H,29,33). The minimum Gasteiger partial charge on any atom is -0.467 e. The summed E-state index contributed by atoms with van der Waals surface area (Å²) in [6.45, 7) is 5.98. The van der Waals surface area contributed by atoms with Crippen LogP contribution in [0.25, 0.3) is 0 Å². The summed E-state index contributed by atoms with van der Waals surface area (Å²) < 4.78 is 7.54. The number of carbonyl (C=O) groups is 1. The lowest BCUT2D eigenvalue weighted by Gasteiger charge is -2.56. The van der Waals surface area contributed by atoms with E-state index in [1.54, 1.807) is 0 Å².